The molecule has 1 aromatic rings. The van der Waals surface area contributed by atoms with Gasteiger partial charge in [-0.25, -0.2) is 9.78 Å². The van der Waals surface area contributed by atoms with Crippen LogP contribution in [0.2, 0.25) is 5.02 Å². The summed E-state index contributed by atoms with van der Waals surface area (Å²) in [5.74, 6) is -0.749. The fourth-order valence-electron chi connectivity index (χ4n) is 0.848. The van der Waals surface area contributed by atoms with Gasteiger partial charge in [0.2, 0.25) is 0 Å². The second-order valence-corrected chi connectivity index (χ2v) is 4.03. The van der Waals surface area contributed by atoms with E-state index in [0.717, 1.165) is 19.4 Å². The molecule has 8 heteroatoms. The van der Waals surface area contributed by atoms with Crippen LogP contribution in [-0.4, -0.2) is 23.6 Å². The van der Waals surface area contributed by atoms with Crippen molar-refractivity contribution in [3.05, 3.63) is 22.8 Å². The number of nitrogens with zero attached hydrogens (tertiary/aromatic N) is 1. The van der Waals surface area contributed by atoms with Crippen molar-refractivity contribution in [3.8, 4) is 0 Å². The Morgan fingerprint density at radius 3 is 2.62 bits per heavy atom. The second-order valence-electron chi connectivity index (χ2n) is 2.54. The van der Waals surface area contributed by atoms with Crippen molar-refractivity contribution in [2.45, 2.75) is 10.5 Å². The summed E-state index contributed by atoms with van der Waals surface area (Å²) in [5.41, 5.74) is -4.51. The fourth-order valence-corrected chi connectivity index (χ4v) is 1.66. The molecule has 1 aromatic heterocycles. The van der Waals surface area contributed by atoms with E-state index in [1.807, 2.05) is 0 Å². The van der Waals surface area contributed by atoms with Crippen molar-refractivity contribution in [1.82, 2.24) is 4.98 Å². The molecule has 0 aromatic carbocycles. The molecule has 0 radical (unpaired) electrons. The summed E-state index contributed by atoms with van der Waals surface area (Å²) in [6.45, 7) is 0. The number of carbonyl (C=O) groups is 1. The van der Waals surface area contributed by atoms with E-state index >= 15 is 0 Å². The van der Waals surface area contributed by atoms with Crippen molar-refractivity contribution in [1.29, 1.82) is 0 Å². The van der Waals surface area contributed by atoms with E-state index in [0.29, 0.717) is 0 Å². The number of pyridine rings is 1. The van der Waals surface area contributed by atoms with Gasteiger partial charge in [-0.3, -0.25) is 0 Å². The van der Waals surface area contributed by atoms with E-state index in [9.17, 15) is 18.0 Å². The molecule has 0 bridgehead atoms. The molecule has 0 fully saturated rings. The maximum Gasteiger partial charge on any atom is 0.447 e. The number of rotatable bonds is 2. The van der Waals surface area contributed by atoms with Gasteiger partial charge in [0, 0.05) is 18.0 Å². The predicted molar refractivity (Wildman–Crippen MR) is 52.5 cm³/mol. The van der Waals surface area contributed by atoms with Crippen molar-refractivity contribution in [3.63, 3.8) is 0 Å². The van der Waals surface area contributed by atoms with Gasteiger partial charge in [0.25, 0.3) is 0 Å². The first kappa shape index (κ1) is 13.1. The Kier molecular flexibility index (Phi) is 4.03. The van der Waals surface area contributed by atoms with E-state index in [-0.39, 0.29) is 15.6 Å². The largest absolute Gasteiger partial charge is 0.465 e. The van der Waals surface area contributed by atoms with Gasteiger partial charge in [-0.1, -0.05) is 11.6 Å². The monoisotopic (exact) mass is 271 g/mol. The number of esters is 1. The second kappa shape index (κ2) is 4.92. The number of aromatic nitrogens is 1. The SMILES string of the molecule is COC(=O)c1cnc(SC(F)(F)F)cc1Cl. The zero-order chi connectivity index (χ0) is 12.3. The first-order valence-corrected chi connectivity index (χ1v) is 5.02. The molecule has 3 nitrogen and oxygen atoms in total. The lowest BCUT2D eigenvalue weighted by molar-refractivity contribution is -0.0329. The van der Waals surface area contributed by atoms with Gasteiger partial charge in [-0.05, 0) is 6.07 Å². The molecule has 0 unspecified atom stereocenters. The standard InChI is InChI=1S/C8H5ClF3NO2S/c1-15-7(14)4-3-13-6(2-5(4)9)16-8(10,11)12/h2-3H,1H3. The van der Waals surface area contributed by atoms with E-state index in [4.69, 9.17) is 11.6 Å². The van der Waals surface area contributed by atoms with Crippen LogP contribution in [0, 0.1) is 0 Å². The van der Waals surface area contributed by atoms with E-state index < -0.39 is 23.2 Å². The molecule has 0 amide bonds. The highest BCUT2D eigenvalue weighted by Crippen LogP contribution is 2.36. The Morgan fingerprint density at radius 1 is 1.56 bits per heavy atom. The molecule has 0 aliphatic carbocycles. The number of hydrogen-bond acceptors (Lipinski definition) is 4. The molecule has 1 rings (SSSR count). The Bertz CT molecular complexity index is 411. The van der Waals surface area contributed by atoms with E-state index in [1.54, 1.807) is 0 Å². The Labute approximate surface area is 97.9 Å². The fraction of sp³-hybridized carbons (Fsp3) is 0.250. The summed E-state index contributed by atoms with van der Waals surface area (Å²) in [5, 5.41) is -0.459. The van der Waals surface area contributed by atoms with Crippen molar-refractivity contribution in [2.75, 3.05) is 7.11 Å². The zero-order valence-electron chi connectivity index (χ0n) is 7.84. The third kappa shape index (κ3) is 3.57. The number of thioether (sulfide) groups is 1. The summed E-state index contributed by atoms with van der Waals surface area (Å²) in [4.78, 5) is 14.5. The van der Waals surface area contributed by atoms with Gasteiger partial charge in [0.15, 0.2) is 0 Å². The van der Waals surface area contributed by atoms with Gasteiger partial charge in [0.1, 0.15) is 5.03 Å². The van der Waals surface area contributed by atoms with Crippen LogP contribution in [0.1, 0.15) is 10.4 Å². The molecule has 0 aliphatic rings. The van der Waals surface area contributed by atoms with Crippen LogP contribution in [0.4, 0.5) is 13.2 Å². The lowest BCUT2D eigenvalue weighted by Crippen LogP contribution is -2.05. The molecule has 88 valence electrons. The molecule has 1 heterocycles. The Balaban J connectivity index is 2.96. The highest BCUT2D eigenvalue weighted by Gasteiger charge is 2.30. The molecule has 0 spiro atoms. The molecular formula is C8H5ClF3NO2S. The predicted octanol–water partition coefficient (Wildman–Crippen LogP) is 3.13. The van der Waals surface area contributed by atoms with Crippen molar-refractivity contribution in [2.24, 2.45) is 0 Å². The van der Waals surface area contributed by atoms with Crippen LogP contribution in [-0.2, 0) is 4.74 Å². The number of ether oxygens (including phenoxy) is 1. The molecule has 0 N–H and O–H groups in total. The zero-order valence-corrected chi connectivity index (χ0v) is 9.41. The first-order valence-electron chi connectivity index (χ1n) is 3.83. The van der Waals surface area contributed by atoms with Crippen LogP contribution < -0.4 is 0 Å². The van der Waals surface area contributed by atoms with Gasteiger partial charge >= 0.3 is 11.5 Å². The molecular weight excluding hydrogens is 267 g/mol. The summed E-state index contributed by atoms with van der Waals surface area (Å²) in [7, 11) is 1.14. The normalized spacial score (nSPS) is 11.3. The third-order valence-electron chi connectivity index (χ3n) is 1.45. The number of hydrogen-bond donors (Lipinski definition) is 0. The average Bonchev–Trinajstić information content (AvgIpc) is 2.14. The quantitative estimate of drug-likeness (QED) is 0.612. The first-order chi connectivity index (χ1) is 7.33. The summed E-state index contributed by atoms with van der Waals surface area (Å²) in [6.07, 6.45) is 0.947. The maximum absolute atomic E-state index is 12.0. The molecule has 0 aliphatic heterocycles. The number of alkyl halides is 3. The van der Waals surface area contributed by atoms with Crippen LogP contribution in [0.3, 0.4) is 0 Å². The molecule has 0 atom stereocenters. The summed E-state index contributed by atoms with van der Waals surface area (Å²) >= 11 is 5.21. The van der Waals surface area contributed by atoms with Crippen LogP contribution >= 0.6 is 23.4 Å². The average molecular weight is 272 g/mol. The van der Waals surface area contributed by atoms with Crippen LogP contribution in [0.15, 0.2) is 17.3 Å². The van der Waals surface area contributed by atoms with Crippen LogP contribution in [0.25, 0.3) is 0 Å². The van der Waals surface area contributed by atoms with E-state index in [1.165, 1.54) is 0 Å². The van der Waals surface area contributed by atoms with E-state index in [2.05, 4.69) is 9.72 Å². The van der Waals surface area contributed by atoms with Gasteiger partial charge in [-0.15, -0.1) is 0 Å². The maximum atomic E-state index is 12.0. The number of carbonyl (C=O) groups excluding carboxylic acids is 1. The lowest BCUT2D eigenvalue weighted by Gasteiger charge is -2.06. The Morgan fingerprint density at radius 2 is 2.19 bits per heavy atom. The van der Waals surface area contributed by atoms with Crippen LogP contribution in [0.5, 0.6) is 0 Å². The van der Waals surface area contributed by atoms with Gasteiger partial charge in [0.05, 0.1) is 17.7 Å². The highest BCUT2D eigenvalue weighted by molar-refractivity contribution is 8.00. The summed E-state index contributed by atoms with van der Waals surface area (Å²) in [6, 6.07) is 0.964. The summed E-state index contributed by atoms with van der Waals surface area (Å²) < 4.78 is 40.3. The van der Waals surface area contributed by atoms with Crippen molar-refractivity contribution < 1.29 is 22.7 Å². The van der Waals surface area contributed by atoms with Gasteiger partial charge in [-0.2, -0.15) is 13.2 Å². The molecule has 16 heavy (non-hydrogen) atoms. The smallest absolute Gasteiger partial charge is 0.447 e. The number of methoxy groups -OCH3 is 1. The number of halogens is 4. The van der Waals surface area contributed by atoms with Crippen molar-refractivity contribution >= 4 is 29.3 Å². The minimum absolute atomic E-state index is 0.0734. The molecule has 0 saturated carbocycles. The highest BCUT2D eigenvalue weighted by atomic mass is 35.5. The topological polar surface area (TPSA) is 39.2 Å². The third-order valence-corrected chi connectivity index (χ3v) is 2.43. The van der Waals surface area contributed by atoms with Gasteiger partial charge < -0.3 is 4.74 Å². The minimum Gasteiger partial charge on any atom is -0.465 e. The lowest BCUT2D eigenvalue weighted by atomic mass is 10.3. The Hall–Kier alpha value is -0.950. The molecule has 0 saturated heterocycles. The minimum atomic E-state index is -4.44.